The quantitative estimate of drug-likeness (QED) is 0.676. The van der Waals surface area contributed by atoms with Crippen LogP contribution in [-0.4, -0.2) is 31.7 Å². The number of nitrogens with one attached hydrogen (secondary N) is 2. The predicted octanol–water partition coefficient (Wildman–Crippen LogP) is 0.286. The molecule has 2 rings (SSSR count). The number of sulfonamides is 1. The van der Waals surface area contributed by atoms with E-state index in [1.54, 1.807) is 5.38 Å². The normalized spacial score (nSPS) is 11.5. The van der Waals surface area contributed by atoms with Crippen LogP contribution in [-0.2, 0) is 16.6 Å². The molecule has 3 N–H and O–H groups in total. The smallest absolute Gasteiger partial charge is 0.304 e. The van der Waals surface area contributed by atoms with E-state index in [-0.39, 0.29) is 29.5 Å². The molecular formula is C12H14N2O5S2. The Hall–Kier alpha value is -1.68. The van der Waals surface area contributed by atoms with E-state index < -0.39 is 10.0 Å². The second kappa shape index (κ2) is 6.85. The lowest BCUT2D eigenvalue weighted by molar-refractivity contribution is 0.201. The largest absolute Gasteiger partial charge is 0.491 e. The van der Waals surface area contributed by atoms with E-state index in [0.717, 1.165) is 11.3 Å². The minimum Gasteiger partial charge on any atom is -0.491 e. The molecule has 0 radical (unpaired) electrons. The second-order valence-electron chi connectivity index (χ2n) is 4.04. The van der Waals surface area contributed by atoms with Crippen LogP contribution >= 0.6 is 11.3 Å². The third-order valence-electron chi connectivity index (χ3n) is 2.52. The molecule has 0 aliphatic carbocycles. The van der Waals surface area contributed by atoms with Gasteiger partial charge in [0.1, 0.15) is 12.4 Å². The SMILES string of the molecule is O=c1[nH]c(CNS(=O)(=O)c2ccc(OCCO)cc2)cs1. The fourth-order valence-electron chi connectivity index (χ4n) is 1.54. The Morgan fingerprint density at radius 3 is 2.57 bits per heavy atom. The fourth-order valence-corrected chi connectivity index (χ4v) is 3.12. The number of thiazole rings is 1. The molecule has 0 spiro atoms. The highest BCUT2D eigenvalue weighted by Crippen LogP contribution is 2.16. The van der Waals surface area contributed by atoms with Crippen molar-refractivity contribution in [2.45, 2.75) is 11.4 Å². The summed E-state index contributed by atoms with van der Waals surface area (Å²) in [7, 11) is -3.66. The van der Waals surface area contributed by atoms with Gasteiger partial charge in [0.25, 0.3) is 0 Å². The molecule has 114 valence electrons. The molecule has 0 aliphatic heterocycles. The zero-order valence-corrected chi connectivity index (χ0v) is 12.5. The van der Waals surface area contributed by atoms with Crippen molar-refractivity contribution < 1.29 is 18.3 Å². The fraction of sp³-hybridized carbons (Fsp3) is 0.250. The molecule has 1 aromatic carbocycles. The van der Waals surface area contributed by atoms with Gasteiger partial charge in [0.15, 0.2) is 0 Å². The molecule has 0 saturated heterocycles. The summed E-state index contributed by atoms with van der Waals surface area (Å²) >= 11 is 0.977. The molecule has 0 aliphatic rings. The molecule has 7 nitrogen and oxygen atoms in total. The number of ether oxygens (including phenoxy) is 1. The molecule has 1 heterocycles. The number of aromatic nitrogens is 1. The van der Waals surface area contributed by atoms with Gasteiger partial charge in [-0.1, -0.05) is 11.3 Å². The number of aromatic amines is 1. The lowest BCUT2D eigenvalue weighted by atomic mass is 10.3. The highest BCUT2D eigenvalue weighted by molar-refractivity contribution is 7.89. The van der Waals surface area contributed by atoms with E-state index in [9.17, 15) is 13.2 Å². The Kier molecular flexibility index (Phi) is 5.12. The van der Waals surface area contributed by atoms with E-state index in [1.165, 1.54) is 24.3 Å². The molecule has 21 heavy (non-hydrogen) atoms. The molecule has 2 aromatic rings. The summed E-state index contributed by atoms with van der Waals surface area (Å²) in [5, 5.41) is 10.2. The summed E-state index contributed by atoms with van der Waals surface area (Å²) in [5.74, 6) is 0.477. The summed E-state index contributed by atoms with van der Waals surface area (Å²) in [5.41, 5.74) is 0.511. The van der Waals surface area contributed by atoms with Crippen molar-refractivity contribution in [3.8, 4) is 5.75 Å². The number of aliphatic hydroxyl groups is 1. The average Bonchev–Trinajstić information content (AvgIpc) is 2.89. The molecule has 0 fully saturated rings. The van der Waals surface area contributed by atoms with E-state index in [2.05, 4.69) is 9.71 Å². The van der Waals surface area contributed by atoms with Gasteiger partial charge in [0.2, 0.25) is 10.0 Å². The maximum Gasteiger partial charge on any atom is 0.304 e. The molecule has 0 saturated carbocycles. The topological polar surface area (TPSA) is 108 Å². The lowest BCUT2D eigenvalue weighted by Gasteiger charge is -2.07. The Labute approximate surface area is 125 Å². The maximum atomic E-state index is 12.1. The van der Waals surface area contributed by atoms with Crippen LogP contribution in [0.5, 0.6) is 5.75 Å². The molecule has 0 atom stereocenters. The predicted molar refractivity (Wildman–Crippen MR) is 78.0 cm³/mol. The third kappa shape index (κ3) is 4.39. The highest BCUT2D eigenvalue weighted by Gasteiger charge is 2.14. The number of rotatable bonds is 7. The summed E-state index contributed by atoms with van der Waals surface area (Å²) in [6.45, 7) is 0.0557. The van der Waals surface area contributed by atoms with Gasteiger partial charge in [0.05, 0.1) is 18.0 Å². The maximum absolute atomic E-state index is 12.1. The Morgan fingerprint density at radius 1 is 1.29 bits per heavy atom. The monoisotopic (exact) mass is 330 g/mol. The third-order valence-corrected chi connectivity index (χ3v) is 4.65. The first kappa shape index (κ1) is 15.7. The summed E-state index contributed by atoms with van der Waals surface area (Å²) in [4.78, 5) is 13.4. The van der Waals surface area contributed by atoms with Crippen LogP contribution in [0.15, 0.2) is 39.3 Å². The van der Waals surface area contributed by atoms with Gasteiger partial charge in [-0.25, -0.2) is 13.1 Å². The van der Waals surface area contributed by atoms with Crippen molar-refractivity contribution in [2.24, 2.45) is 0 Å². The molecule has 9 heteroatoms. The molecule has 0 bridgehead atoms. The van der Waals surface area contributed by atoms with Gasteiger partial charge in [-0.3, -0.25) is 4.79 Å². The first-order valence-electron chi connectivity index (χ1n) is 6.01. The molecule has 0 amide bonds. The number of aliphatic hydroxyl groups excluding tert-OH is 1. The summed E-state index contributed by atoms with van der Waals surface area (Å²) < 4.78 is 31.7. The van der Waals surface area contributed by atoms with Crippen molar-refractivity contribution in [3.05, 3.63) is 45.0 Å². The first-order valence-corrected chi connectivity index (χ1v) is 8.37. The van der Waals surface area contributed by atoms with E-state index in [4.69, 9.17) is 9.84 Å². The van der Waals surface area contributed by atoms with E-state index >= 15 is 0 Å². The van der Waals surface area contributed by atoms with E-state index in [1.807, 2.05) is 0 Å². The van der Waals surface area contributed by atoms with Gasteiger partial charge in [-0.15, -0.1) is 0 Å². The van der Waals surface area contributed by atoms with Crippen LogP contribution in [0.3, 0.4) is 0 Å². The van der Waals surface area contributed by atoms with Crippen LogP contribution in [0.2, 0.25) is 0 Å². The zero-order valence-electron chi connectivity index (χ0n) is 10.9. The standard InChI is InChI=1S/C12H14N2O5S2/c15-5-6-19-10-1-3-11(4-2-10)21(17,18)13-7-9-8-20-12(16)14-9/h1-4,8,13,15H,5-7H2,(H,14,16). The van der Waals surface area contributed by atoms with Crippen LogP contribution in [0.1, 0.15) is 5.69 Å². The highest BCUT2D eigenvalue weighted by atomic mass is 32.2. The molecular weight excluding hydrogens is 316 g/mol. The van der Waals surface area contributed by atoms with Crippen molar-refractivity contribution in [3.63, 3.8) is 0 Å². The summed E-state index contributed by atoms with van der Waals surface area (Å²) in [6.07, 6.45) is 0. The van der Waals surface area contributed by atoms with Gasteiger partial charge < -0.3 is 14.8 Å². The number of benzene rings is 1. The van der Waals surface area contributed by atoms with Gasteiger partial charge >= 0.3 is 4.87 Å². The Bertz CT molecular complexity index is 734. The van der Waals surface area contributed by atoms with Crippen LogP contribution in [0.25, 0.3) is 0 Å². The van der Waals surface area contributed by atoms with Gasteiger partial charge in [0, 0.05) is 11.1 Å². The molecule has 0 unspecified atom stereocenters. The van der Waals surface area contributed by atoms with Crippen molar-refractivity contribution in [1.82, 2.24) is 9.71 Å². The molecule has 1 aromatic heterocycles. The second-order valence-corrected chi connectivity index (χ2v) is 6.65. The minimum atomic E-state index is -3.66. The van der Waals surface area contributed by atoms with Crippen molar-refractivity contribution in [1.29, 1.82) is 0 Å². The Morgan fingerprint density at radius 2 is 2.00 bits per heavy atom. The van der Waals surface area contributed by atoms with Crippen LogP contribution in [0.4, 0.5) is 0 Å². The minimum absolute atomic E-state index is 0.0177. The van der Waals surface area contributed by atoms with Crippen LogP contribution in [0, 0.1) is 0 Å². The first-order chi connectivity index (χ1) is 10.0. The zero-order chi connectivity index (χ0) is 15.3. The van der Waals surface area contributed by atoms with Crippen molar-refractivity contribution in [2.75, 3.05) is 13.2 Å². The number of hydrogen-bond acceptors (Lipinski definition) is 6. The Balaban J connectivity index is 2.03. The van der Waals surface area contributed by atoms with Crippen molar-refractivity contribution >= 4 is 21.4 Å². The number of hydrogen-bond donors (Lipinski definition) is 3. The van der Waals surface area contributed by atoms with Gasteiger partial charge in [-0.05, 0) is 24.3 Å². The summed E-state index contributed by atoms with van der Waals surface area (Å²) in [6, 6.07) is 5.84. The number of H-pyrrole nitrogens is 1. The van der Waals surface area contributed by atoms with Crippen LogP contribution < -0.4 is 14.3 Å². The average molecular weight is 330 g/mol. The van der Waals surface area contributed by atoms with E-state index in [0.29, 0.717) is 11.4 Å². The van der Waals surface area contributed by atoms with Gasteiger partial charge in [-0.2, -0.15) is 0 Å². The lowest BCUT2D eigenvalue weighted by Crippen LogP contribution is -2.23.